The van der Waals surface area contributed by atoms with Gasteiger partial charge in [-0.05, 0) is 50.7 Å². The Kier molecular flexibility index (Phi) is 5.88. The second-order valence-electron chi connectivity index (χ2n) is 8.85. The minimum Gasteiger partial charge on any atom is -0.339 e. The Balaban J connectivity index is 1.32. The van der Waals surface area contributed by atoms with E-state index >= 15 is 0 Å². The first kappa shape index (κ1) is 21.7. The summed E-state index contributed by atoms with van der Waals surface area (Å²) in [7, 11) is -3.47. The van der Waals surface area contributed by atoms with Crippen molar-refractivity contribution in [1.29, 1.82) is 0 Å². The van der Waals surface area contributed by atoms with Crippen molar-refractivity contribution in [2.24, 2.45) is 0 Å². The van der Waals surface area contributed by atoms with E-state index in [4.69, 9.17) is 4.98 Å². The zero-order valence-electron chi connectivity index (χ0n) is 17.9. The molecule has 3 heterocycles. The second-order valence-corrected chi connectivity index (χ2v) is 11.9. The molecule has 7 nitrogen and oxygen atoms in total. The minimum absolute atomic E-state index is 0.0112. The fourth-order valence-corrected chi connectivity index (χ4v) is 7.87. The Morgan fingerprint density at radius 2 is 1.88 bits per heavy atom. The molecule has 1 amide bonds. The van der Waals surface area contributed by atoms with Crippen LogP contribution in [0.1, 0.15) is 49.4 Å². The van der Waals surface area contributed by atoms with Gasteiger partial charge in [0.05, 0.1) is 22.4 Å². The van der Waals surface area contributed by atoms with Crippen molar-refractivity contribution in [3.05, 3.63) is 51.9 Å². The SMILES string of the molecule is O=C(CC1CSc2nc3c(c(=O)n21)CCCC3)N1CCCC1CS(=O)(=O)c1ccccc1. The maximum absolute atomic E-state index is 13.2. The molecule has 1 saturated heterocycles. The normalized spacial score (nSPS) is 22.6. The van der Waals surface area contributed by atoms with E-state index < -0.39 is 9.84 Å². The number of sulfone groups is 1. The lowest BCUT2D eigenvalue weighted by molar-refractivity contribution is -0.132. The van der Waals surface area contributed by atoms with Crippen LogP contribution >= 0.6 is 11.8 Å². The van der Waals surface area contributed by atoms with E-state index in [1.165, 1.54) is 0 Å². The van der Waals surface area contributed by atoms with Crippen LogP contribution in [-0.4, -0.2) is 52.9 Å². The number of nitrogens with zero attached hydrogens (tertiary/aromatic N) is 3. The average molecular weight is 474 g/mol. The standard InChI is InChI=1S/C23H27N3O4S2/c27-21(25-12-6-7-16(25)15-32(29,30)18-8-2-1-3-9-18)13-17-14-31-23-24-20-11-5-4-10-19(20)22(28)26(17)23/h1-3,8-9,16-17H,4-7,10-15H2. The van der Waals surface area contributed by atoms with Crippen LogP contribution in [-0.2, 0) is 27.5 Å². The van der Waals surface area contributed by atoms with Crippen molar-refractivity contribution >= 4 is 27.5 Å². The van der Waals surface area contributed by atoms with Crippen molar-refractivity contribution in [2.45, 2.75) is 67.1 Å². The summed E-state index contributed by atoms with van der Waals surface area (Å²) in [5.41, 5.74) is 1.75. The topological polar surface area (TPSA) is 89.3 Å². The van der Waals surface area contributed by atoms with Gasteiger partial charge in [-0.1, -0.05) is 30.0 Å². The van der Waals surface area contributed by atoms with E-state index in [2.05, 4.69) is 0 Å². The van der Waals surface area contributed by atoms with E-state index in [0.29, 0.717) is 23.6 Å². The Morgan fingerprint density at radius 3 is 2.69 bits per heavy atom. The van der Waals surface area contributed by atoms with Crippen LogP contribution in [0.25, 0.3) is 0 Å². The van der Waals surface area contributed by atoms with Gasteiger partial charge in [-0.15, -0.1) is 0 Å². The smallest absolute Gasteiger partial charge is 0.257 e. The zero-order chi connectivity index (χ0) is 22.3. The van der Waals surface area contributed by atoms with E-state index in [1.54, 1.807) is 51.6 Å². The fraction of sp³-hybridized carbons (Fsp3) is 0.522. The van der Waals surface area contributed by atoms with Crippen molar-refractivity contribution in [3.8, 4) is 0 Å². The quantitative estimate of drug-likeness (QED) is 0.620. The van der Waals surface area contributed by atoms with Crippen molar-refractivity contribution < 1.29 is 13.2 Å². The molecule has 9 heteroatoms. The number of fused-ring (bicyclic) bond motifs is 2. The Hall–Kier alpha value is -2.13. The van der Waals surface area contributed by atoms with Crippen molar-refractivity contribution in [1.82, 2.24) is 14.5 Å². The van der Waals surface area contributed by atoms with Crippen LogP contribution in [0.2, 0.25) is 0 Å². The summed E-state index contributed by atoms with van der Waals surface area (Å²) in [6.07, 6.45) is 5.38. The van der Waals surface area contributed by atoms with Gasteiger partial charge in [0.2, 0.25) is 5.91 Å². The molecule has 32 heavy (non-hydrogen) atoms. The number of rotatable bonds is 5. The molecule has 2 atom stereocenters. The van der Waals surface area contributed by atoms with Gasteiger partial charge in [0, 0.05) is 30.3 Å². The highest BCUT2D eigenvalue weighted by Gasteiger charge is 2.36. The van der Waals surface area contributed by atoms with E-state index in [-0.39, 0.29) is 35.7 Å². The molecule has 1 aromatic carbocycles. The third-order valence-electron chi connectivity index (χ3n) is 6.74. The summed E-state index contributed by atoms with van der Waals surface area (Å²) in [4.78, 5) is 33.1. The van der Waals surface area contributed by atoms with Crippen LogP contribution in [0.4, 0.5) is 0 Å². The number of hydrogen-bond donors (Lipinski definition) is 0. The van der Waals surface area contributed by atoms with Gasteiger partial charge in [0.25, 0.3) is 5.56 Å². The van der Waals surface area contributed by atoms with Crippen LogP contribution in [0.15, 0.2) is 45.2 Å². The number of benzene rings is 1. The number of aryl methyl sites for hydroxylation is 1. The lowest BCUT2D eigenvalue weighted by Crippen LogP contribution is -2.41. The van der Waals surface area contributed by atoms with Crippen LogP contribution in [0.3, 0.4) is 0 Å². The summed E-state index contributed by atoms with van der Waals surface area (Å²) in [6.45, 7) is 0.567. The number of carbonyl (C=O) groups is 1. The maximum atomic E-state index is 13.2. The molecule has 0 saturated carbocycles. The van der Waals surface area contributed by atoms with Gasteiger partial charge in [-0.2, -0.15) is 0 Å². The molecule has 0 radical (unpaired) electrons. The lowest BCUT2D eigenvalue weighted by Gasteiger charge is -2.26. The highest BCUT2D eigenvalue weighted by molar-refractivity contribution is 7.99. The molecule has 2 aromatic rings. The van der Waals surface area contributed by atoms with E-state index in [0.717, 1.165) is 48.5 Å². The number of hydrogen-bond acceptors (Lipinski definition) is 6. The van der Waals surface area contributed by atoms with Crippen LogP contribution < -0.4 is 5.56 Å². The number of thioether (sulfide) groups is 1. The predicted molar refractivity (Wildman–Crippen MR) is 123 cm³/mol. The third-order valence-corrected chi connectivity index (χ3v) is 9.66. The molecular formula is C23H27N3O4S2. The number of aromatic nitrogens is 2. The van der Waals surface area contributed by atoms with Gasteiger partial charge < -0.3 is 4.90 Å². The average Bonchev–Trinajstić information content (AvgIpc) is 3.41. The molecule has 1 aromatic heterocycles. The molecular weight excluding hydrogens is 446 g/mol. The molecule has 3 aliphatic rings. The summed E-state index contributed by atoms with van der Waals surface area (Å²) in [5, 5.41) is 0.720. The minimum atomic E-state index is -3.47. The largest absolute Gasteiger partial charge is 0.339 e. The second kappa shape index (κ2) is 8.67. The van der Waals surface area contributed by atoms with E-state index in [9.17, 15) is 18.0 Å². The number of amides is 1. The maximum Gasteiger partial charge on any atom is 0.257 e. The fourth-order valence-electron chi connectivity index (χ4n) is 5.10. The molecule has 0 N–H and O–H groups in total. The van der Waals surface area contributed by atoms with Crippen LogP contribution in [0, 0.1) is 0 Å². The monoisotopic (exact) mass is 473 g/mol. The van der Waals surface area contributed by atoms with E-state index in [1.807, 2.05) is 0 Å². The summed E-state index contributed by atoms with van der Waals surface area (Å²) < 4.78 is 27.4. The molecule has 5 rings (SSSR count). The van der Waals surface area contributed by atoms with Gasteiger partial charge in [-0.25, -0.2) is 13.4 Å². The molecule has 1 fully saturated rings. The van der Waals surface area contributed by atoms with Gasteiger partial charge in [0.1, 0.15) is 0 Å². The number of carbonyl (C=O) groups excluding carboxylic acids is 1. The molecule has 2 aliphatic heterocycles. The predicted octanol–water partition coefficient (Wildman–Crippen LogP) is 2.62. The van der Waals surface area contributed by atoms with Gasteiger partial charge in [-0.3, -0.25) is 14.2 Å². The zero-order valence-corrected chi connectivity index (χ0v) is 19.5. The molecule has 0 bridgehead atoms. The summed E-state index contributed by atoms with van der Waals surface area (Å²) in [5.74, 6) is 0.518. The summed E-state index contributed by atoms with van der Waals surface area (Å²) >= 11 is 1.54. The molecule has 0 spiro atoms. The number of likely N-dealkylation sites (tertiary alicyclic amines) is 1. The first-order valence-corrected chi connectivity index (χ1v) is 13.9. The highest BCUT2D eigenvalue weighted by atomic mass is 32.2. The first-order valence-electron chi connectivity index (χ1n) is 11.3. The van der Waals surface area contributed by atoms with Crippen LogP contribution in [0.5, 0.6) is 0 Å². The van der Waals surface area contributed by atoms with Crippen molar-refractivity contribution in [3.63, 3.8) is 0 Å². The highest BCUT2D eigenvalue weighted by Crippen LogP contribution is 2.35. The third kappa shape index (κ3) is 4.01. The Bertz CT molecular complexity index is 1190. The van der Waals surface area contributed by atoms with Gasteiger partial charge >= 0.3 is 0 Å². The molecule has 2 unspecified atom stereocenters. The molecule has 170 valence electrons. The molecule has 1 aliphatic carbocycles. The first-order chi connectivity index (χ1) is 15.4. The lowest BCUT2D eigenvalue weighted by atomic mass is 9.97. The Morgan fingerprint density at radius 1 is 1.09 bits per heavy atom. The van der Waals surface area contributed by atoms with Gasteiger partial charge in [0.15, 0.2) is 15.0 Å². The Labute approximate surface area is 192 Å². The summed E-state index contributed by atoms with van der Waals surface area (Å²) in [6, 6.07) is 7.87. The van der Waals surface area contributed by atoms with Crippen molar-refractivity contribution in [2.75, 3.05) is 18.1 Å².